The Kier molecular flexibility index (Phi) is 5.06. The fourth-order valence-corrected chi connectivity index (χ4v) is 1.45. The van der Waals surface area contributed by atoms with Gasteiger partial charge in [0.15, 0.2) is 0 Å². The van der Waals surface area contributed by atoms with Gasteiger partial charge in [-0.3, -0.25) is 4.79 Å². The summed E-state index contributed by atoms with van der Waals surface area (Å²) in [5.41, 5.74) is 0.0871. The number of amides is 1. The summed E-state index contributed by atoms with van der Waals surface area (Å²) < 4.78 is 4.82. The van der Waals surface area contributed by atoms with Gasteiger partial charge >= 0.3 is 0 Å². The van der Waals surface area contributed by atoms with Crippen LogP contribution < -0.4 is 5.32 Å². The van der Waals surface area contributed by atoms with Crippen LogP contribution >= 0.6 is 11.6 Å². The molecule has 0 aliphatic heterocycles. The van der Waals surface area contributed by atoms with Crippen molar-refractivity contribution >= 4 is 17.5 Å². The standard InChI is InChI=1S/C11H14ClNO4/c1-17-6-7(12)5-13-11(16)9-3-2-8(14)4-10(9)15/h2-4,7,14-15H,5-6H2,1H3,(H,13,16). The van der Waals surface area contributed by atoms with E-state index in [9.17, 15) is 9.90 Å². The van der Waals surface area contributed by atoms with Gasteiger partial charge in [-0.2, -0.15) is 0 Å². The molecule has 0 fully saturated rings. The summed E-state index contributed by atoms with van der Waals surface area (Å²) in [4.78, 5) is 11.6. The molecule has 0 radical (unpaired) electrons. The number of rotatable bonds is 5. The van der Waals surface area contributed by atoms with E-state index in [0.29, 0.717) is 6.61 Å². The fourth-order valence-electron chi connectivity index (χ4n) is 1.25. The Hall–Kier alpha value is -1.46. The van der Waals surface area contributed by atoms with Crippen LogP contribution in [0.1, 0.15) is 10.4 Å². The van der Waals surface area contributed by atoms with E-state index in [1.807, 2.05) is 0 Å². The van der Waals surface area contributed by atoms with Crippen molar-refractivity contribution in [1.29, 1.82) is 0 Å². The van der Waals surface area contributed by atoms with Crippen LogP contribution in [0, 0.1) is 0 Å². The summed E-state index contributed by atoms with van der Waals surface area (Å²) in [6.45, 7) is 0.554. The van der Waals surface area contributed by atoms with Crippen molar-refractivity contribution in [3.8, 4) is 11.5 Å². The number of halogens is 1. The summed E-state index contributed by atoms with van der Waals surface area (Å²) in [5.74, 6) is -0.835. The van der Waals surface area contributed by atoms with E-state index in [4.69, 9.17) is 21.4 Å². The molecule has 17 heavy (non-hydrogen) atoms. The van der Waals surface area contributed by atoms with Crippen LogP contribution in [0.15, 0.2) is 18.2 Å². The van der Waals surface area contributed by atoms with E-state index in [0.717, 1.165) is 6.07 Å². The number of carbonyl (C=O) groups is 1. The zero-order valence-corrected chi connectivity index (χ0v) is 10.1. The minimum Gasteiger partial charge on any atom is -0.508 e. The number of alkyl halides is 1. The Morgan fingerprint density at radius 3 is 2.82 bits per heavy atom. The molecule has 1 aromatic carbocycles. The summed E-state index contributed by atoms with van der Waals surface area (Å²) in [6.07, 6.45) is 0. The number of aromatic hydroxyl groups is 2. The number of nitrogens with one attached hydrogen (secondary N) is 1. The quantitative estimate of drug-likeness (QED) is 0.692. The number of phenols is 2. The van der Waals surface area contributed by atoms with Crippen molar-refractivity contribution in [1.82, 2.24) is 5.32 Å². The maximum atomic E-state index is 11.6. The first kappa shape index (κ1) is 13.6. The number of hydrogen-bond acceptors (Lipinski definition) is 4. The Balaban J connectivity index is 2.58. The molecule has 6 heteroatoms. The maximum Gasteiger partial charge on any atom is 0.255 e. The maximum absolute atomic E-state index is 11.6. The predicted octanol–water partition coefficient (Wildman–Crippen LogP) is 1.08. The lowest BCUT2D eigenvalue weighted by Crippen LogP contribution is -2.31. The monoisotopic (exact) mass is 259 g/mol. The van der Waals surface area contributed by atoms with E-state index in [1.165, 1.54) is 19.2 Å². The highest BCUT2D eigenvalue weighted by Gasteiger charge is 2.13. The van der Waals surface area contributed by atoms with Gasteiger partial charge in [-0.15, -0.1) is 11.6 Å². The SMILES string of the molecule is COCC(Cl)CNC(=O)c1ccc(O)cc1O. The number of carbonyl (C=O) groups excluding carboxylic acids is 1. The lowest BCUT2D eigenvalue weighted by Gasteiger charge is -2.10. The van der Waals surface area contributed by atoms with E-state index < -0.39 is 5.91 Å². The highest BCUT2D eigenvalue weighted by atomic mass is 35.5. The van der Waals surface area contributed by atoms with Gasteiger partial charge in [0.2, 0.25) is 0 Å². The molecule has 0 aliphatic rings. The third-order valence-corrected chi connectivity index (χ3v) is 2.34. The molecule has 0 bridgehead atoms. The lowest BCUT2D eigenvalue weighted by atomic mass is 10.2. The molecule has 0 saturated heterocycles. The van der Waals surface area contributed by atoms with Gasteiger partial charge < -0.3 is 20.3 Å². The van der Waals surface area contributed by atoms with Crippen molar-refractivity contribution in [2.75, 3.05) is 20.3 Å². The van der Waals surface area contributed by atoms with Crippen molar-refractivity contribution in [3.63, 3.8) is 0 Å². The average molecular weight is 260 g/mol. The first-order chi connectivity index (χ1) is 8.04. The molecule has 94 valence electrons. The second kappa shape index (κ2) is 6.32. The van der Waals surface area contributed by atoms with Gasteiger partial charge in [-0.1, -0.05) is 0 Å². The number of benzene rings is 1. The van der Waals surface area contributed by atoms with Gasteiger partial charge in [0, 0.05) is 19.7 Å². The Morgan fingerprint density at radius 1 is 1.53 bits per heavy atom. The van der Waals surface area contributed by atoms with Crippen molar-refractivity contribution in [2.45, 2.75) is 5.38 Å². The normalized spacial score (nSPS) is 12.1. The summed E-state index contributed by atoms with van der Waals surface area (Å²) in [7, 11) is 1.52. The molecule has 0 heterocycles. The zero-order chi connectivity index (χ0) is 12.8. The van der Waals surface area contributed by atoms with Crippen LogP contribution in [0.3, 0.4) is 0 Å². The third kappa shape index (κ3) is 4.13. The largest absolute Gasteiger partial charge is 0.508 e. The Morgan fingerprint density at radius 2 is 2.24 bits per heavy atom. The molecule has 1 rings (SSSR count). The topological polar surface area (TPSA) is 78.8 Å². The smallest absolute Gasteiger partial charge is 0.255 e. The zero-order valence-electron chi connectivity index (χ0n) is 9.31. The Labute approximate surface area is 104 Å². The van der Waals surface area contributed by atoms with E-state index in [2.05, 4.69) is 5.32 Å². The summed E-state index contributed by atoms with van der Waals surface area (Å²) >= 11 is 5.84. The molecule has 1 aromatic rings. The molecule has 3 N–H and O–H groups in total. The molecule has 0 saturated carbocycles. The Bertz CT molecular complexity index is 397. The van der Waals surface area contributed by atoms with Crippen molar-refractivity contribution in [2.24, 2.45) is 0 Å². The number of phenolic OH excluding ortho intramolecular Hbond substituents is 2. The highest BCUT2D eigenvalue weighted by Crippen LogP contribution is 2.22. The average Bonchev–Trinajstić information content (AvgIpc) is 2.26. The van der Waals surface area contributed by atoms with Gasteiger partial charge in [0.25, 0.3) is 5.91 Å². The minimum absolute atomic E-state index is 0.0871. The van der Waals surface area contributed by atoms with E-state index >= 15 is 0 Å². The third-order valence-electron chi connectivity index (χ3n) is 2.06. The molecule has 0 aliphatic carbocycles. The van der Waals surface area contributed by atoms with Crippen LogP contribution in [0.5, 0.6) is 11.5 Å². The highest BCUT2D eigenvalue weighted by molar-refractivity contribution is 6.21. The van der Waals surface area contributed by atoms with Crippen molar-refractivity contribution < 1.29 is 19.7 Å². The molecule has 1 atom stereocenters. The molecule has 5 nitrogen and oxygen atoms in total. The van der Waals surface area contributed by atoms with Crippen LogP contribution in [0.4, 0.5) is 0 Å². The second-order valence-corrected chi connectivity index (χ2v) is 4.08. The fraction of sp³-hybridized carbons (Fsp3) is 0.364. The molecule has 0 spiro atoms. The molecular weight excluding hydrogens is 246 g/mol. The molecule has 1 amide bonds. The molecular formula is C11H14ClNO4. The summed E-state index contributed by atoms with van der Waals surface area (Å²) in [5, 5.41) is 20.8. The van der Waals surface area contributed by atoms with Crippen LogP contribution in [-0.4, -0.2) is 41.8 Å². The van der Waals surface area contributed by atoms with Crippen molar-refractivity contribution in [3.05, 3.63) is 23.8 Å². The van der Waals surface area contributed by atoms with E-state index in [-0.39, 0.29) is 29.0 Å². The number of ether oxygens (including phenoxy) is 1. The van der Waals surface area contributed by atoms with Gasteiger partial charge in [0.1, 0.15) is 11.5 Å². The van der Waals surface area contributed by atoms with Crippen LogP contribution in [-0.2, 0) is 4.74 Å². The van der Waals surface area contributed by atoms with E-state index in [1.54, 1.807) is 0 Å². The number of hydrogen-bond donors (Lipinski definition) is 3. The molecule has 1 unspecified atom stereocenters. The van der Waals surface area contributed by atoms with Gasteiger partial charge in [-0.25, -0.2) is 0 Å². The minimum atomic E-state index is -0.454. The van der Waals surface area contributed by atoms with Crippen LogP contribution in [0.2, 0.25) is 0 Å². The number of methoxy groups -OCH3 is 1. The second-order valence-electron chi connectivity index (χ2n) is 3.46. The van der Waals surface area contributed by atoms with Crippen LogP contribution in [0.25, 0.3) is 0 Å². The van der Waals surface area contributed by atoms with Gasteiger partial charge in [0.05, 0.1) is 17.5 Å². The first-order valence-electron chi connectivity index (χ1n) is 4.97. The van der Waals surface area contributed by atoms with Gasteiger partial charge in [-0.05, 0) is 12.1 Å². The predicted molar refractivity (Wildman–Crippen MR) is 63.6 cm³/mol. The lowest BCUT2D eigenvalue weighted by molar-refractivity contribution is 0.0946. The summed E-state index contributed by atoms with van der Waals surface area (Å²) in [6, 6.07) is 3.75. The first-order valence-corrected chi connectivity index (χ1v) is 5.41. The molecule has 0 aromatic heterocycles.